The van der Waals surface area contributed by atoms with Gasteiger partial charge in [-0.3, -0.25) is 9.59 Å². The number of carbonyl (C=O) groups is 2. The lowest BCUT2D eigenvalue weighted by Crippen LogP contribution is -2.17. The maximum absolute atomic E-state index is 12.5. The van der Waals surface area contributed by atoms with Crippen LogP contribution in [-0.4, -0.2) is 18.4 Å². The first-order valence-corrected chi connectivity index (χ1v) is 10.8. The molecule has 6 heteroatoms. The van der Waals surface area contributed by atoms with Gasteiger partial charge in [-0.15, -0.1) is 0 Å². The van der Waals surface area contributed by atoms with Crippen molar-refractivity contribution in [2.75, 3.05) is 17.2 Å². The van der Waals surface area contributed by atoms with Crippen molar-refractivity contribution >= 4 is 39.1 Å². The Hall–Kier alpha value is -2.34. The van der Waals surface area contributed by atoms with E-state index in [2.05, 4.69) is 33.5 Å². The summed E-state index contributed by atoms with van der Waals surface area (Å²) in [4.78, 5) is 24.3. The molecule has 0 saturated heterocycles. The third-order valence-electron chi connectivity index (χ3n) is 4.38. The molecule has 0 bridgehead atoms. The van der Waals surface area contributed by atoms with Crippen LogP contribution in [0.4, 0.5) is 11.4 Å². The molecule has 0 aliphatic heterocycles. The quantitative estimate of drug-likeness (QED) is 0.411. The van der Waals surface area contributed by atoms with Gasteiger partial charge in [0.1, 0.15) is 5.75 Å². The van der Waals surface area contributed by atoms with Crippen LogP contribution in [0.5, 0.6) is 5.75 Å². The lowest BCUT2D eigenvalue weighted by molar-refractivity contribution is -0.118. The summed E-state index contributed by atoms with van der Waals surface area (Å²) < 4.78 is 6.54. The number of benzene rings is 2. The van der Waals surface area contributed by atoms with Gasteiger partial charge in [0.05, 0.1) is 11.1 Å². The molecule has 0 aliphatic rings. The van der Waals surface area contributed by atoms with Crippen molar-refractivity contribution in [3.05, 3.63) is 52.5 Å². The van der Waals surface area contributed by atoms with Gasteiger partial charge in [0, 0.05) is 22.9 Å². The average Bonchev–Trinajstić information content (AvgIpc) is 2.70. The molecule has 2 rings (SSSR count). The Balaban J connectivity index is 1.91. The van der Waals surface area contributed by atoms with E-state index < -0.39 is 0 Å². The highest BCUT2D eigenvalue weighted by atomic mass is 79.9. The molecular weight excluding hydrogens is 432 g/mol. The van der Waals surface area contributed by atoms with E-state index in [0.29, 0.717) is 23.5 Å². The predicted octanol–water partition coefficient (Wildman–Crippen LogP) is 6.26. The number of hydrogen-bond donors (Lipinski definition) is 2. The third-order valence-corrected chi connectivity index (χ3v) is 5.00. The highest BCUT2D eigenvalue weighted by Gasteiger charge is 2.11. The van der Waals surface area contributed by atoms with Gasteiger partial charge in [-0.2, -0.15) is 0 Å². The number of anilines is 2. The number of halogens is 1. The SMILES string of the molecule is CCCCCCOc1ccc(C(=O)Nc2ccc(NC(=O)C(C)C)cc2)cc1Br. The Morgan fingerprint density at radius 1 is 0.966 bits per heavy atom. The minimum atomic E-state index is -0.209. The number of amides is 2. The van der Waals surface area contributed by atoms with Crippen molar-refractivity contribution in [1.82, 2.24) is 0 Å². The summed E-state index contributed by atoms with van der Waals surface area (Å²) in [5.74, 6) is 0.401. The smallest absolute Gasteiger partial charge is 0.255 e. The second kappa shape index (κ2) is 11.6. The Kier molecular flexibility index (Phi) is 9.19. The molecule has 0 radical (unpaired) electrons. The van der Waals surface area contributed by atoms with E-state index in [9.17, 15) is 9.59 Å². The molecule has 2 aromatic rings. The standard InChI is InChI=1S/C23H29BrN2O3/c1-4-5-6-7-14-29-21-13-8-17(15-20(21)24)23(28)26-19-11-9-18(10-12-19)25-22(27)16(2)3/h8-13,15-16H,4-7,14H2,1-3H3,(H,25,27)(H,26,28). The molecule has 0 atom stereocenters. The third kappa shape index (κ3) is 7.54. The van der Waals surface area contributed by atoms with Crippen molar-refractivity contribution in [3.8, 4) is 5.75 Å². The fourth-order valence-electron chi connectivity index (χ4n) is 2.60. The largest absolute Gasteiger partial charge is 0.492 e. The zero-order valence-corrected chi connectivity index (χ0v) is 18.8. The molecular formula is C23H29BrN2O3. The van der Waals surface area contributed by atoms with Crippen molar-refractivity contribution in [2.24, 2.45) is 5.92 Å². The highest BCUT2D eigenvalue weighted by Crippen LogP contribution is 2.27. The number of unbranched alkanes of at least 4 members (excludes halogenated alkanes) is 3. The minimum Gasteiger partial charge on any atom is -0.492 e. The van der Waals surface area contributed by atoms with E-state index in [0.717, 1.165) is 23.1 Å². The Morgan fingerprint density at radius 2 is 1.62 bits per heavy atom. The average molecular weight is 461 g/mol. The van der Waals surface area contributed by atoms with Gasteiger partial charge >= 0.3 is 0 Å². The molecule has 2 amide bonds. The first kappa shape index (κ1) is 22.9. The van der Waals surface area contributed by atoms with Gasteiger partial charge < -0.3 is 15.4 Å². The normalized spacial score (nSPS) is 10.7. The molecule has 2 aromatic carbocycles. The summed E-state index contributed by atoms with van der Waals surface area (Å²) in [5.41, 5.74) is 1.89. The van der Waals surface area contributed by atoms with Gasteiger partial charge in [0.2, 0.25) is 5.91 Å². The minimum absolute atomic E-state index is 0.0423. The van der Waals surface area contributed by atoms with Crippen molar-refractivity contribution in [3.63, 3.8) is 0 Å². The highest BCUT2D eigenvalue weighted by molar-refractivity contribution is 9.10. The van der Waals surface area contributed by atoms with Crippen molar-refractivity contribution < 1.29 is 14.3 Å². The van der Waals surface area contributed by atoms with E-state index in [1.807, 2.05) is 19.9 Å². The molecule has 0 saturated carbocycles. The van der Waals surface area contributed by atoms with Gasteiger partial charge in [-0.25, -0.2) is 0 Å². The van der Waals surface area contributed by atoms with Crippen LogP contribution in [0.1, 0.15) is 56.8 Å². The Morgan fingerprint density at radius 3 is 2.21 bits per heavy atom. The molecule has 0 heterocycles. The molecule has 0 unspecified atom stereocenters. The van der Waals surface area contributed by atoms with Gasteiger partial charge in [0.15, 0.2) is 0 Å². The molecule has 2 N–H and O–H groups in total. The number of hydrogen-bond acceptors (Lipinski definition) is 3. The first-order chi connectivity index (χ1) is 13.9. The van der Waals surface area contributed by atoms with Crippen LogP contribution >= 0.6 is 15.9 Å². The van der Waals surface area contributed by atoms with E-state index in [1.54, 1.807) is 36.4 Å². The van der Waals surface area contributed by atoms with E-state index in [1.165, 1.54) is 12.8 Å². The molecule has 5 nitrogen and oxygen atoms in total. The molecule has 0 aliphatic carbocycles. The van der Waals surface area contributed by atoms with Crippen LogP contribution < -0.4 is 15.4 Å². The number of nitrogens with one attached hydrogen (secondary N) is 2. The van der Waals surface area contributed by atoms with E-state index in [-0.39, 0.29) is 17.7 Å². The summed E-state index contributed by atoms with van der Waals surface area (Å²) in [7, 11) is 0. The summed E-state index contributed by atoms with van der Waals surface area (Å²) >= 11 is 3.48. The lowest BCUT2D eigenvalue weighted by Gasteiger charge is -2.11. The molecule has 156 valence electrons. The molecule has 0 aromatic heterocycles. The van der Waals surface area contributed by atoms with Crippen LogP contribution in [-0.2, 0) is 4.79 Å². The first-order valence-electron chi connectivity index (χ1n) is 10.0. The summed E-state index contributed by atoms with van der Waals surface area (Å²) in [6.45, 7) is 6.53. The van der Waals surface area contributed by atoms with Crippen LogP contribution in [0.2, 0.25) is 0 Å². The fourth-order valence-corrected chi connectivity index (χ4v) is 3.09. The van der Waals surface area contributed by atoms with Gasteiger partial charge in [-0.05, 0) is 64.8 Å². The summed E-state index contributed by atoms with van der Waals surface area (Å²) in [6, 6.07) is 12.4. The van der Waals surface area contributed by atoms with Crippen molar-refractivity contribution in [2.45, 2.75) is 46.5 Å². The number of ether oxygens (including phenoxy) is 1. The van der Waals surface area contributed by atoms with E-state index in [4.69, 9.17) is 4.74 Å². The zero-order chi connectivity index (χ0) is 21.2. The predicted molar refractivity (Wildman–Crippen MR) is 122 cm³/mol. The maximum atomic E-state index is 12.5. The van der Waals surface area contributed by atoms with Gasteiger partial charge in [0.25, 0.3) is 5.91 Å². The Labute approximate surface area is 181 Å². The molecule has 0 spiro atoms. The van der Waals surface area contributed by atoms with Crippen molar-refractivity contribution in [1.29, 1.82) is 0 Å². The van der Waals surface area contributed by atoms with Crippen LogP contribution in [0.3, 0.4) is 0 Å². The number of rotatable bonds is 10. The monoisotopic (exact) mass is 460 g/mol. The molecule has 29 heavy (non-hydrogen) atoms. The second-order valence-corrected chi connectivity index (χ2v) is 8.08. The second-order valence-electron chi connectivity index (χ2n) is 7.23. The Bertz CT molecular complexity index is 819. The van der Waals surface area contributed by atoms with Crippen LogP contribution in [0.15, 0.2) is 46.9 Å². The maximum Gasteiger partial charge on any atom is 0.255 e. The van der Waals surface area contributed by atoms with E-state index >= 15 is 0 Å². The zero-order valence-electron chi connectivity index (χ0n) is 17.3. The molecule has 0 fully saturated rings. The van der Waals surface area contributed by atoms with Gasteiger partial charge in [-0.1, -0.05) is 40.0 Å². The summed E-state index contributed by atoms with van der Waals surface area (Å²) in [6.07, 6.45) is 4.60. The lowest BCUT2D eigenvalue weighted by atomic mass is 10.2. The number of carbonyl (C=O) groups excluding carboxylic acids is 2. The van der Waals surface area contributed by atoms with Crippen LogP contribution in [0, 0.1) is 5.92 Å². The summed E-state index contributed by atoms with van der Waals surface area (Å²) in [5, 5.41) is 5.68. The fraction of sp³-hybridized carbons (Fsp3) is 0.391. The topological polar surface area (TPSA) is 67.4 Å². The van der Waals surface area contributed by atoms with Crippen LogP contribution in [0.25, 0.3) is 0 Å².